The van der Waals surface area contributed by atoms with Gasteiger partial charge in [0.15, 0.2) is 0 Å². The Bertz CT molecular complexity index is 1560. The summed E-state index contributed by atoms with van der Waals surface area (Å²) in [4.78, 5) is 25.6. The molecule has 0 unspecified atom stereocenters. The lowest BCUT2D eigenvalue weighted by Gasteiger charge is -2.14. The molecule has 0 saturated heterocycles. The summed E-state index contributed by atoms with van der Waals surface area (Å²) in [5.74, 6) is -0.621. The van der Waals surface area contributed by atoms with Crippen molar-refractivity contribution in [3.8, 4) is 11.1 Å². The standard InChI is InChI=1S/C20H16FN3O4S2/c1-30(27,28)23-11-4-2-3-10(7-11)13-9-16-14(8-15(13)21)18(25)17-19(26)22-29-20(17)24(16)12-5-6-12/h2-4,7-9,12,23H,5-6H2,1H3,(H,22,26). The highest BCUT2D eigenvalue weighted by Crippen LogP contribution is 2.41. The van der Waals surface area contributed by atoms with Gasteiger partial charge in [-0.15, -0.1) is 0 Å². The van der Waals surface area contributed by atoms with Crippen molar-refractivity contribution in [1.82, 2.24) is 8.94 Å². The van der Waals surface area contributed by atoms with Crippen LogP contribution in [-0.4, -0.2) is 23.6 Å². The van der Waals surface area contributed by atoms with Crippen molar-refractivity contribution >= 4 is 48.4 Å². The van der Waals surface area contributed by atoms with E-state index in [2.05, 4.69) is 9.10 Å². The third-order valence-electron chi connectivity index (χ3n) is 5.11. The molecule has 5 rings (SSSR count). The molecular weight excluding hydrogens is 429 g/mol. The molecule has 0 aliphatic heterocycles. The van der Waals surface area contributed by atoms with Crippen LogP contribution in [0.2, 0.25) is 0 Å². The third-order valence-corrected chi connectivity index (χ3v) is 6.59. The van der Waals surface area contributed by atoms with E-state index in [1.165, 1.54) is 12.1 Å². The number of H-pyrrole nitrogens is 1. The summed E-state index contributed by atoms with van der Waals surface area (Å²) in [7, 11) is -3.48. The van der Waals surface area contributed by atoms with E-state index in [0.717, 1.165) is 30.6 Å². The number of pyridine rings is 1. The lowest BCUT2D eigenvalue weighted by molar-refractivity contribution is 0.607. The molecule has 7 nitrogen and oxygen atoms in total. The Hall–Kier alpha value is -2.98. The van der Waals surface area contributed by atoms with Crippen LogP contribution in [0.25, 0.3) is 32.2 Å². The van der Waals surface area contributed by atoms with Crippen LogP contribution in [0.3, 0.4) is 0 Å². The molecule has 10 heteroatoms. The molecule has 2 aromatic carbocycles. The van der Waals surface area contributed by atoms with Crippen molar-refractivity contribution in [2.45, 2.75) is 18.9 Å². The van der Waals surface area contributed by atoms with E-state index >= 15 is 4.39 Å². The number of aromatic amines is 1. The van der Waals surface area contributed by atoms with Gasteiger partial charge in [0.2, 0.25) is 15.5 Å². The van der Waals surface area contributed by atoms with Crippen molar-refractivity contribution in [2.24, 2.45) is 0 Å². The first-order valence-electron chi connectivity index (χ1n) is 9.20. The van der Waals surface area contributed by atoms with E-state index in [0.29, 0.717) is 21.6 Å². The average Bonchev–Trinajstić information content (AvgIpc) is 3.43. The van der Waals surface area contributed by atoms with Gasteiger partial charge in [-0.2, -0.15) is 0 Å². The van der Waals surface area contributed by atoms with Crippen LogP contribution in [0.15, 0.2) is 46.0 Å². The van der Waals surface area contributed by atoms with Crippen LogP contribution >= 0.6 is 11.5 Å². The maximum Gasteiger partial charge on any atom is 0.271 e. The number of benzene rings is 2. The van der Waals surface area contributed by atoms with E-state index < -0.39 is 26.8 Å². The summed E-state index contributed by atoms with van der Waals surface area (Å²) in [6.07, 6.45) is 2.87. The highest BCUT2D eigenvalue weighted by Gasteiger charge is 2.29. The number of halogens is 1. The molecule has 2 aromatic heterocycles. The minimum Gasteiger partial charge on any atom is -0.328 e. The van der Waals surface area contributed by atoms with E-state index in [-0.39, 0.29) is 22.4 Å². The van der Waals surface area contributed by atoms with E-state index in [1.807, 2.05) is 4.57 Å². The zero-order valence-corrected chi connectivity index (χ0v) is 17.4. The number of fused-ring (bicyclic) bond motifs is 2. The van der Waals surface area contributed by atoms with Gasteiger partial charge in [-0.1, -0.05) is 12.1 Å². The number of hydrogen-bond donors (Lipinski definition) is 2. The van der Waals surface area contributed by atoms with Gasteiger partial charge in [-0.05, 0) is 54.2 Å². The molecule has 0 atom stereocenters. The summed E-state index contributed by atoms with van der Waals surface area (Å²) in [6.45, 7) is 0. The van der Waals surface area contributed by atoms with Gasteiger partial charge < -0.3 is 4.57 Å². The second-order valence-electron chi connectivity index (χ2n) is 7.45. The monoisotopic (exact) mass is 445 g/mol. The molecule has 2 heterocycles. The molecule has 1 aliphatic rings. The molecule has 0 amide bonds. The molecule has 154 valence electrons. The van der Waals surface area contributed by atoms with Crippen molar-refractivity contribution in [1.29, 1.82) is 0 Å². The smallest absolute Gasteiger partial charge is 0.271 e. The molecule has 2 N–H and O–H groups in total. The molecule has 0 radical (unpaired) electrons. The van der Waals surface area contributed by atoms with E-state index in [4.69, 9.17) is 0 Å². The highest BCUT2D eigenvalue weighted by atomic mass is 32.2. The molecule has 1 aliphatic carbocycles. The number of anilines is 1. The number of nitrogens with one attached hydrogen (secondary N) is 2. The van der Waals surface area contributed by atoms with Crippen LogP contribution in [0.5, 0.6) is 0 Å². The van der Waals surface area contributed by atoms with Gasteiger partial charge >= 0.3 is 0 Å². The largest absolute Gasteiger partial charge is 0.328 e. The van der Waals surface area contributed by atoms with Gasteiger partial charge in [-0.25, -0.2) is 12.8 Å². The summed E-state index contributed by atoms with van der Waals surface area (Å²) >= 11 is 1.11. The zero-order valence-electron chi connectivity index (χ0n) is 15.7. The predicted octanol–water partition coefficient (Wildman–Crippen LogP) is 3.42. The lowest BCUT2D eigenvalue weighted by Crippen LogP contribution is -2.15. The maximum absolute atomic E-state index is 15.1. The Morgan fingerprint density at radius 3 is 2.67 bits per heavy atom. The molecule has 1 saturated carbocycles. The highest BCUT2D eigenvalue weighted by molar-refractivity contribution is 7.92. The normalized spacial score (nSPS) is 14.5. The van der Waals surface area contributed by atoms with Gasteiger partial charge in [0.1, 0.15) is 16.0 Å². The van der Waals surface area contributed by atoms with E-state index in [9.17, 15) is 18.0 Å². The van der Waals surface area contributed by atoms with Gasteiger partial charge in [0.25, 0.3) is 5.56 Å². The van der Waals surface area contributed by atoms with Crippen molar-refractivity contribution in [3.63, 3.8) is 0 Å². The van der Waals surface area contributed by atoms with Gasteiger partial charge in [-0.3, -0.25) is 18.7 Å². The van der Waals surface area contributed by atoms with Crippen LogP contribution in [0.1, 0.15) is 18.9 Å². The minimum absolute atomic E-state index is 0.0610. The van der Waals surface area contributed by atoms with Crippen LogP contribution in [0.4, 0.5) is 10.1 Å². The number of hydrogen-bond acceptors (Lipinski definition) is 5. The Labute approximate surface area is 174 Å². The number of aromatic nitrogens is 2. The fourth-order valence-corrected chi connectivity index (χ4v) is 5.21. The number of rotatable bonds is 4. The van der Waals surface area contributed by atoms with Gasteiger partial charge in [0.05, 0.1) is 11.8 Å². The van der Waals surface area contributed by atoms with Crippen LogP contribution < -0.4 is 15.7 Å². The Balaban J connectivity index is 1.80. The second kappa shape index (κ2) is 6.51. The van der Waals surface area contributed by atoms with Crippen molar-refractivity contribution < 1.29 is 12.8 Å². The Morgan fingerprint density at radius 1 is 1.20 bits per heavy atom. The molecule has 4 aromatic rings. The molecule has 0 bridgehead atoms. The first-order chi connectivity index (χ1) is 14.2. The first-order valence-corrected chi connectivity index (χ1v) is 11.9. The molecule has 0 spiro atoms. The SMILES string of the molecule is CS(=O)(=O)Nc1cccc(-c2cc3c(cc2F)c(=O)c2c(=O)[nH]sc2n3C2CC2)c1. The lowest BCUT2D eigenvalue weighted by atomic mass is 10.0. The zero-order chi connectivity index (χ0) is 21.2. The van der Waals surface area contributed by atoms with Gasteiger partial charge in [0, 0.05) is 22.7 Å². The molecule has 30 heavy (non-hydrogen) atoms. The Morgan fingerprint density at radius 2 is 1.97 bits per heavy atom. The summed E-state index contributed by atoms with van der Waals surface area (Å²) < 4.78 is 45.1. The molecule has 1 fully saturated rings. The molecular formula is C20H16FN3O4S2. The second-order valence-corrected chi connectivity index (χ2v) is 9.99. The quantitative estimate of drug-likeness (QED) is 0.503. The van der Waals surface area contributed by atoms with E-state index in [1.54, 1.807) is 24.3 Å². The first kappa shape index (κ1) is 19.0. The summed E-state index contributed by atoms with van der Waals surface area (Å²) in [5, 5.41) is 0.218. The fraction of sp³-hybridized carbons (Fsp3) is 0.200. The summed E-state index contributed by atoms with van der Waals surface area (Å²) in [5.41, 5.74) is 0.644. The number of nitrogens with zero attached hydrogens (tertiary/aromatic N) is 1. The van der Waals surface area contributed by atoms with Crippen LogP contribution in [0, 0.1) is 5.82 Å². The summed E-state index contributed by atoms with van der Waals surface area (Å²) in [6, 6.07) is 9.33. The average molecular weight is 445 g/mol. The minimum atomic E-state index is -3.48. The van der Waals surface area contributed by atoms with Crippen LogP contribution in [-0.2, 0) is 10.0 Å². The Kier molecular flexibility index (Phi) is 4.13. The number of sulfonamides is 1. The predicted molar refractivity (Wildman–Crippen MR) is 116 cm³/mol. The van der Waals surface area contributed by atoms with Crippen molar-refractivity contribution in [3.05, 3.63) is 62.8 Å². The maximum atomic E-state index is 15.1. The topological polar surface area (TPSA) is 101 Å². The van der Waals surface area contributed by atoms with Crippen molar-refractivity contribution in [2.75, 3.05) is 11.0 Å². The third kappa shape index (κ3) is 3.12. The fourth-order valence-electron chi connectivity index (χ4n) is 3.73.